The van der Waals surface area contributed by atoms with Crippen LogP contribution in [-0.2, 0) is 14.3 Å². The van der Waals surface area contributed by atoms with Crippen molar-refractivity contribution in [2.75, 3.05) is 19.0 Å². The highest BCUT2D eigenvalue weighted by Crippen LogP contribution is 2.38. The number of aromatic nitrogens is 2. The summed E-state index contributed by atoms with van der Waals surface area (Å²) in [7, 11) is 1.59. The quantitative estimate of drug-likeness (QED) is 0.568. The maximum atomic E-state index is 12.8. The molecule has 0 unspecified atom stereocenters. The van der Waals surface area contributed by atoms with Crippen molar-refractivity contribution in [3.63, 3.8) is 0 Å². The van der Waals surface area contributed by atoms with Gasteiger partial charge < -0.3 is 14.0 Å². The third-order valence-electron chi connectivity index (χ3n) is 4.71. The molecule has 2 heterocycles. The standard InChI is InChI=1S/C20H19N3O4/c1-3-27-19(25)16-17(12-8-10-13(26-2)11-9-12)23-15-7-5-4-6-14(15)21-20(23)22-18(16)24/h4-11,16-17H,3H2,1-2H3,(H,21,22,24)/t16-,17+/m1/s1. The molecule has 1 aromatic heterocycles. The van der Waals surface area contributed by atoms with E-state index in [2.05, 4.69) is 10.3 Å². The fourth-order valence-electron chi connectivity index (χ4n) is 3.51. The molecule has 1 amide bonds. The summed E-state index contributed by atoms with van der Waals surface area (Å²) in [5.41, 5.74) is 2.38. The van der Waals surface area contributed by atoms with Crippen molar-refractivity contribution in [1.82, 2.24) is 9.55 Å². The van der Waals surface area contributed by atoms with Gasteiger partial charge in [-0.25, -0.2) is 4.98 Å². The van der Waals surface area contributed by atoms with Gasteiger partial charge in [0.15, 0.2) is 5.92 Å². The van der Waals surface area contributed by atoms with E-state index >= 15 is 0 Å². The molecule has 0 saturated heterocycles. The summed E-state index contributed by atoms with van der Waals surface area (Å²) in [6, 6.07) is 14.3. The number of hydrogen-bond acceptors (Lipinski definition) is 5. The highest BCUT2D eigenvalue weighted by Gasteiger charge is 2.44. The lowest BCUT2D eigenvalue weighted by atomic mass is 9.90. The predicted molar refractivity (Wildman–Crippen MR) is 99.6 cm³/mol. The number of rotatable bonds is 4. The molecule has 0 spiro atoms. The smallest absolute Gasteiger partial charge is 0.321 e. The van der Waals surface area contributed by atoms with Gasteiger partial charge in [0.25, 0.3) is 0 Å². The van der Waals surface area contributed by atoms with Crippen molar-refractivity contribution in [2.24, 2.45) is 5.92 Å². The molecule has 1 aliphatic heterocycles. The second-order valence-corrected chi connectivity index (χ2v) is 6.23. The van der Waals surface area contributed by atoms with Gasteiger partial charge in [0.05, 0.1) is 30.8 Å². The summed E-state index contributed by atoms with van der Waals surface area (Å²) in [6.07, 6.45) is 0. The van der Waals surface area contributed by atoms with E-state index in [1.165, 1.54) is 0 Å². The van der Waals surface area contributed by atoms with Gasteiger partial charge in [0.1, 0.15) is 5.75 Å². The zero-order valence-corrected chi connectivity index (χ0v) is 15.0. The number of fused-ring (bicyclic) bond motifs is 3. The summed E-state index contributed by atoms with van der Waals surface area (Å²) >= 11 is 0. The van der Waals surface area contributed by atoms with E-state index in [1.54, 1.807) is 14.0 Å². The number of esters is 1. The van der Waals surface area contributed by atoms with Crippen molar-refractivity contribution in [3.8, 4) is 5.75 Å². The van der Waals surface area contributed by atoms with Gasteiger partial charge in [-0.15, -0.1) is 0 Å². The average Bonchev–Trinajstić information content (AvgIpc) is 3.05. The monoisotopic (exact) mass is 365 g/mol. The summed E-state index contributed by atoms with van der Waals surface area (Å²) < 4.78 is 12.3. The first kappa shape index (κ1) is 17.1. The Morgan fingerprint density at radius 1 is 1.19 bits per heavy atom. The fourth-order valence-corrected chi connectivity index (χ4v) is 3.51. The van der Waals surface area contributed by atoms with Gasteiger partial charge in [-0.05, 0) is 36.8 Å². The summed E-state index contributed by atoms with van der Waals surface area (Å²) in [6.45, 7) is 1.93. The number of nitrogens with zero attached hydrogens (tertiary/aromatic N) is 2. The average molecular weight is 365 g/mol. The maximum absolute atomic E-state index is 12.8. The number of nitrogens with one attached hydrogen (secondary N) is 1. The van der Waals surface area contributed by atoms with Gasteiger partial charge in [-0.3, -0.25) is 14.9 Å². The van der Waals surface area contributed by atoms with Gasteiger partial charge in [-0.2, -0.15) is 0 Å². The molecular formula is C20H19N3O4. The normalized spacial score (nSPS) is 18.7. The molecule has 7 nitrogen and oxygen atoms in total. The van der Waals surface area contributed by atoms with E-state index in [9.17, 15) is 9.59 Å². The minimum atomic E-state index is -1.01. The molecule has 1 N–H and O–H groups in total. The molecule has 0 saturated carbocycles. The van der Waals surface area contributed by atoms with Crippen LogP contribution in [0, 0.1) is 5.92 Å². The van der Waals surface area contributed by atoms with Crippen LogP contribution in [0.25, 0.3) is 11.0 Å². The number of carbonyl (C=O) groups is 2. The number of imidazole rings is 1. The van der Waals surface area contributed by atoms with Crippen LogP contribution >= 0.6 is 0 Å². The van der Waals surface area contributed by atoms with Crippen LogP contribution in [0.1, 0.15) is 18.5 Å². The molecule has 4 rings (SSSR count). The Kier molecular flexibility index (Phi) is 4.27. The molecule has 0 bridgehead atoms. The zero-order valence-electron chi connectivity index (χ0n) is 15.0. The Bertz CT molecular complexity index is 1010. The number of ether oxygens (including phenoxy) is 2. The van der Waals surface area contributed by atoms with Crippen LogP contribution in [0.3, 0.4) is 0 Å². The van der Waals surface area contributed by atoms with E-state index in [0.29, 0.717) is 11.7 Å². The molecule has 0 fully saturated rings. The predicted octanol–water partition coefficient (Wildman–Crippen LogP) is 2.77. The van der Waals surface area contributed by atoms with Crippen LogP contribution in [0.2, 0.25) is 0 Å². The number of hydrogen-bond donors (Lipinski definition) is 1. The lowest BCUT2D eigenvalue weighted by Crippen LogP contribution is -2.43. The molecular weight excluding hydrogens is 346 g/mol. The zero-order chi connectivity index (χ0) is 19.0. The third-order valence-corrected chi connectivity index (χ3v) is 4.71. The van der Waals surface area contributed by atoms with Crippen molar-refractivity contribution >= 4 is 28.9 Å². The fraction of sp³-hybridized carbons (Fsp3) is 0.250. The van der Waals surface area contributed by atoms with Crippen LogP contribution in [0.15, 0.2) is 48.5 Å². The van der Waals surface area contributed by atoms with Crippen molar-refractivity contribution in [3.05, 3.63) is 54.1 Å². The molecule has 7 heteroatoms. The van der Waals surface area contributed by atoms with Gasteiger partial charge >= 0.3 is 5.97 Å². The number of para-hydroxylation sites is 2. The minimum Gasteiger partial charge on any atom is -0.497 e. The maximum Gasteiger partial charge on any atom is 0.321 e. The van der Waals surface area contributed by atoms with Crippen LogP contribution in [-0.4, -0.2) is 35.1 Å². The van der Waals surface area contributed by atoms with Crippen LogP contribution < -0.4 is 10.1 Å². The van der Waals surface area contributed by atoms with Gasteiger partial charge in [-0.1, -0.05) is 24.3 Å². The van der Waals surface area contributed by atoms with Crippen LogP contribution in [0.5, 0.6) is 5.75 Å². The van der Waals surface area contributed by atoms with Crippen molar-refractivity contribution in [1.29, 1.82) is 0 Å². The Balaban J connectivity index is 1.92. The number of amides is 1. The Labute approximate surface area is 155 Å². The lowest BCUT2D eigenvalue weighted by Gasteiger charge is -2.32. The minimum absolute atomic E-state index is 0.204. The Morgan fingerprint density at radius 3 is 2.63 bits per heavy atom. The van der Waals surface area contributed by atoms with E-state index in [-0.39, 0.29) is 6.61 Å². The number of anilines is 1. The molecule has 3 aromatic rings. The molecule has 27 heavy (non-hydrogen) atoms. The third kappa shape index (κ3) is 2.81. The Hall–Kier alpha value is -3.35. The first-order valence-electron chi connectivity index (χ1n) is 8.72. The van der Waals surface area contributed by atoms with E-state index in [1.807, 2.05) is 53.1 Å². The summed E-state index contributed by atoms with van der Waals surface area (Å²) in [5.74, 6) is -0.871. The molecule has 0 aliphatic carbocycles. The topological polar surface area (TPSA) is 82.5 Å². The largest absolute Gasteiger partial charge is 0.497 e. The lowest BCUT2D eigenvalue weighted by molar-refractivity contribution is -0.152. The highest BCUT2D eigenvalue weighted by atomic mass is 16.5. The van der Waals surface area contributed by atoms with E-state index in [4.69, 9.17) is 9.47 Å². The van der Waals surface area contributed by atoms with Crippen LogP contribution in [0.4, 0.5) is 5.95 Å². The van der Waals surface area contributed by atoms with E-state index < -0.39 is 23.8 Å². The first-order valence-corrected chi connectivity index (χ1v) is 8.72. The summed E-state index contributed by atoms with van der Waals surface area (Å²) in [5, 5.41) is 2.75. The molecule has 138 valence electrons. The Morgan fingerprint density at radius 2 is 1.93 bits per heavy atom. The molecule has 1 aliphatic rings. The molecule has 0 radical (unpaired) electrons. The van der Waals surface area contributed by atoms with Crippen molar-refractivity contribution in [2.45, 2.75) is 13.0 Å². The second kappa shape index (κ2) is 6.75. The number of carbonyl (C=O) groups excluding carboxylic acids is 2. The second-order valence-electron chi connectivity index (χ2n) is 6.23. The molecule has 2 atom stereocenters. The SMILES string of the molecule is CCOC(=O)[C@H]1C(=O)Nc2nc3ccccc3n2[C@H]1c1ccc(OC)cc1. The number of benzene rings is 2. The van der Waals surface area contributed by atoms with Crippen molar-refractivity contribution < 1.29 is 19.1 Å². The first-order chi connectivity index (χ1) is 13.1. The summed E-state index contributed by atoms with van der Waals surface area (Å²) in [4.78, 5) is 29.9. The van der Waals surface area contributed by atoms with Gasteiger partial charge in [0.2, 0.25) is 11.9 Å². The molecule has 2 aromatic carbocycles. The van der Waals surface area contributed by atoms with E-state index in [0.717, 1.165) is 16.6 Å². The number of methoxy groups -OCH3 is 1. The van der Waals surface area contributed by atoms with Gasteiger partial charge in [0, 0.05) is 0 Å². The highest BCUT2D eigenvalue weighted by molar-refractivity contribution is 6.07.